The van der Waals surface area contributed by atoms with Crippen molar-refractivity contribution < 1.29 is 22.8 Å². The topological polar surface area (TPSA) is 72.2 Å². The monoisotopic (exact) mass is 274 g/mol. The molecule has 0 spiro atoms. The van der Waals surface area contributed by atoms with E-state index < -0.39 is 29.5 Å². The molecule has 1 amide bonds. The molecule has 1 atom stereocenters. The van der Waals surface area contributed by atoms with Crippen LogP contribution in [0.3, 0.4) is 0 Å². The third-order valence-electron chi connectivity index (χ3n) is 2.34. The fourth-order valence-electron chi connectivity index (χ4n) is 1.47. The molecule has 0 saturated heterocycles. The molecule has 7 heteroatoms. The minimum atomic E-state index is -4.55. The summed E-state index contributed by atoms with van der Waals surface area (Å²) in [4.78, 5) is 22.7. The Morgan fingerprint density at radius 1 is 1.32 bits per heavy atom. The lowest BCUT2D eigenvalue weighted by Crippen LogP contribution is -2.28. The fraction of sp³-hybridized carbons (Fsp3) is 0.333. The van der Waals surface area contributed by atoms with Crippen LogP contribution in [0, 0.1) is 0 Å². The minimum absolute atomic E-state index is 0.0433. The van der Waals surface area contributed by atoms with E-state index in [0.717, 1.165) is 25.1 Å². The van der Waals surface area contributed by atoms with E-state index in [9.17, 15) is 22.8 Å². The van der Waals surface area contributed by atoms with Crippen LogP contribution in [0.1, 0.15) is 29.8 Å². The smallest absolute Gasteiger partial charge is 0.326 e. The molecule has 0 bridgehead atoms. The van der Waals surface area contributed by atoms with Gasteiger partial charge in [0, 0.05) is 12.5 Å². The van der Waals surface area contributed by atoms with Crippen LogP contribution < -0.4 is 11.1 Å². The molecule has 0 aliphatic heterocycles. The van der Waals surface area contributed by atoms with Gasteiger partial charge in [-0.25, -0.2) is 0 Å². The van der Waals surface area contributed by atoms with Crippen molar-refractivity contribution >= 4 is 17.4 Å². The van der Waals surface area contributed by atoms with Crippen molar-refractivity contribution in [1.82, 2.24) is 0 Å². The number of anilines is 1. The zero-order chi connectivity index (χ0) is 14.8. The molecule has 0 fully saturated rings. The van der Waals surface area contributed by atoms with Gasteiger partial charge >= 0.3 is 6.18 Å². The molecule has 0 saturated carbocycles. The molecule has 0 aliphatic rings. The van der Waals surface area contributed by atoms with Gasteiger partial charge in [0.2, 0.25) is 5.91 Å². The Morgan fingerprint density at radius 2 is 1.89 bits per heavy atom. The van der Waals surface area contributed by atoms with Crippen molar-refractivity contribution in [3.05, 3.63) is 29.3 Å². The Kier molecular flexibility index (Phi) is 4.31. The van der Waals surface area contributed by atoms with Crippen LogP contribution in [0.4, 0.5) is 18.9 Å². The second kappa shape index (κ2) is 5.40. The van der Waals surface area contributed by atoms with Crippen LogP contribution in [0.25, 0.3) is 0 Å². The Bertz CT molecular complexity index is 510. The number of amides is 1. The van der Waals surface area contributed by atoms with Gasteiger partial charge in [0.25, 0.3) is 0 Å². The predicted octanol–water partition coefficient (Wildman–Crippen LogP) is 2.19. The number of carbonyl (C=O) groups is 2. The number of halogens is 3. The summed E-state index contributed by atoms with van der Waals surface area (Å²) < 4.78 is 37.7. The van der Waals surface area contributed by atoms with Gasteiger partial charge < -0.3 is 11.1 Å². The molecular weight excluding hydrogens is 261 g/mol. The zero-order valence-corrected chi connectivity index (χ0v) is 10.3. The van der Waals surface area contributed by atoms with Gasteiger partial charge in [0.1, 0.15) is 0 Å². The summed E-state index contributed by atoms with van der Waals surface area (Å²) >= 11 is 0. The van der Waals surface area contributed by atoms with Crippen LogP contribution in [0.5, 0.6) is 0 Å². The number of rotatable bonds is 3. The summed E-state index contributed by atoms with van der Waals surface area (Å²) in [6.07, 6.45) is -4.55. The van der Waals surface area contributed by atoms with Gasteiger partial charge in [-0.05, 0) is 25.1 Å². The van der Waals surface area contributed by atoms with E-state index in [1.807, 2.05) is 0 Å². The van der Waals surface area contributed by atoms with Crippen LogP contribution >= 0.6 is 0 Å². The second-order valence-corrected chi connectivity index (χ2v) is 4.09. The van der Waals surface area contributed by atoms with E-state index >= 15 is 0 Å². The number of alkyl halides is 3. The first kappa shape index (κ1) is 15.2. The predicted molar refractivity (Wildman–Crippen MR) is 63.7 cm³/mol. The highest BCUT2D eigenvalue weighted by atomic mass is 19.4. The molecule has 1 unspecified atom stereocenters. The molecule has 104 valence electrons. The van der Waals surface area contributed by atoms with Gasteiger partial charge in [-0.1, -0.05) is 0 Å². The Hall–Kier alpha value is -1.89. The maximum atomic E-state index is 12.6. The van der Waals surface area contributed by atoms with Crippen molar-refractivity contribution in [3.63, 3.8) is 0 Å². The molecule has 0 heterocycles. The third kappa shape index (κ3) is 3.78. The van der Waals surface area contributed by atoms with Crippen molar-refractivity contribution in [2.75, 3.05) is 5.32 Å². The summed E-state index contributed by atoms with van der Waals surface area (Å²) in [6.45, 7) is 2.55. The number of benzene rings is 1. The first-order chi connectivity index (χ1) is 8.62. The summed E-state index contributed by atoms with van der Waals surface area (Å²) in [5, 5.41) is 2.21. The average Bonchev–Trinajstić information content (AvgIpc) is 2.25. The highest BCUT2D eigenvalue weighted by Gasteiger charge is 2.31. The maximum Gasteiger partial charge on any atom is 0.416 e. The quantitative estimate of drug-likeness (QED) is 0.830. The van der Waals surface area contributed by atoms with Crippen LogP contribution in [0.15, 0.2) is 18.2 Å². The lowest BCUT2D eigenvalue weighted by atomic mass is 10.0. The molecule has 1 rings (SSSR count). The summed E-state index contributed by atoms with van der Waals surface area (Å²) in [5.41, 5.74) is 4.23. The summed E-state index contributed by atoms with van der Waals surface area (Å²) in [5.74, 6) is -1.12. The molecule has 0 aromatic heterocycles. The molecule has 1 aromatic carbocycles. The Morgan fingerprint density at radius 3 is 2.32 bits per heavy atom. The number of nitrogens with one attached hydrogen (secondary N) is 1. The van der Waals surface area contributed by atoms with Crippen LogP contribution in [-0.2, 0) is 11.0 Å². The molecule has 4 nitrogen and oxygen atoms in total. The number of hydrogen-bond acceptors (Lipinski definition) is 3. The highest BCUT2D eigenvalue weighted by molar-refractivity contribution is 6.07. The largest absolute Gasteiger partial charge is 0.416 e. The number of nitrogens with two attached hydrogens (primary N) is 1. The van der Waals surface area contributed by atoms with Crippen LogP contribution in [0.2, 0.25) is 0 Å². The van der Waals surface area contributed by atoms with E-state index in [1.54, 1.807) is 0 Å². The van der Waals surface area contributed by atoms with E-state index in [1.165, 1.54) is 6.92 Å². The number of Topliss-reactive ketones (excluding diaryl/α,β-unsaturated/α-hetero) is 1. The SMILES string of the molecule is CC(=O)Nc1cc(C(F)(F)F)ccc1C(=O)C(C)N. The molecule has 19 heavy (non-hydrogen) atoms. The molecule has 0 radical (unpaired) electrons. The van der Waals surface area contributed by atoms with E-state index in [2.05, 4.69) is 5.32 Å². The van der Waals surface area contributed by atoms with E-state index in [0.29, 0.717) is 0 Å². The van der Waals surface area contributed by atoms with Gasteiger partial charge in [0.05, 0.1) is 17.3 Å². The van der Waals surface area contributed by atoms with Gasteiger partial charge in [0.15, 0.2) is 5.78 Å². The molecule has 1 aromatic rings. The molecule has 3 N–H and O–H groups in total. The van der Waals surface area contributed by atoms with Crippen molar-refractivity contribution in [2.45, 2.75) is 26.1 Å². The standard InChI is InChI=1S/C12H13F3N2O2/c1-6(16)11(19)9-4-3-8(12(13,14)15)5-10(9)17-7(2)18/h3-6H,16H2,1-2H3,(H,17,18). The molecular formula is C12H13F3N2O2. The zero-order valence-electron chi connectivity index (χ0n) is 10.3. The maximum absolute atomic E-state index is 12.6. The van der Waals surface area contributed by atoms with Crippen LogP contribution in [-0.4, -0.2) is 17.7 Å². The third-order valence-corrected chi connectivity index (χ3v) is 2.34. The number of carbonyl (C=O) groups excluding carboxylic acids is 2. The van der Waals surface area contributed by atoms with E-state index in [-0.39, 0.29) is 11.3 Å². The average molecular weight is 274 g/mol. The van der Waals surface area contributed by atoms with Gasteiger partial charge in [-0.3, -0.25) is 9.59 Å². The Balaban J connectivity index is 3.32. The highest BCUT2D eigenvalue weighted by Crippen LogP contribution is 2.32. The molecule has 0 aliphatic carbocycles. The van der Waals surface area contributed by atoms with Crippen molar-refractivity contribution in [2.24, 2.45) is 5.73 Å². The lowest BCUT2D eigenvalue weighted by Gasteiger charge is -2.14. The first-order valence-corrected chi connectivity index (χ1v) is 5.41. The summed E-state index contributed by atoms with van der Waals surface area (Å²) in [7, 11) is 0. The lowest BCUT2D eigenvalue weighted by molar-refractivity contribution is -0.137. The van der Waals surface area contributed by atoms with Gasteiger partial charge in [-0.15, -0.1) is 0 Å². The Labute approximate surface area is 107 Å². The van der Waals surface area contributed by atoms with Crippen molar-refractivity contribution in [1.29, 1.82) is 0 Å². The fourth-order valence-corrected chi connectivity index (χ4v) is 1.47. The second-order valence-electron chi connectivity index (χ2n) is 4.09. The minimum Gasteiger partial charge on any atom is -0.326 e. The summed E-state index contributed by atoms with van der Waals surface area (Å²) in [6, 6.07) is 1.64. The van der Waals surface area contributed by atoms with Gasteiger partial charge in [-0.2, -0.15) is 13.2 Å². The number of ketones is 1. The normalized spacial score (nSPS) is 12.9. The number of hydrogen-bond donors (Lipinski definition) is 2. The van der Waals surface area contributed by atoms with Crippen molar-refractivity contribution in [3.8, 4) is 0 Å². The first-order valence-electron chi connectivity index (χ1n) is 5.41. The van der Waals surface area contributed by atoms with E-state index in [4.69, 9.17) is 5.73 Å².